The number of benzene rings is 1. The molecule has 0 radical (unpaired) electrons. The van der Waals surface area contributed by atoms with Gasteiger partial charge in [-0.1, -0.05) is 47.6 Å². The fourth-order valence-corrected chi connectivity index (χ4v) is 1.77. The van der Waals surface area contributed by atoms with Gasteiger partial charge in [-0.05, 0) is 29.9 Å². The molecule has 23 heavy (non-hydrogen) atoms. The molecule has 1 rings (SSSR count). The van der Waals surface area contributed by atoms with Crippen LogP contribution in [0.25, 0.3) is 0 Å². The molecule has 0 spiro atoms. The molecule has 0 N–H and O–H groups in total. The Morgan fingerprint density at radius 3 is 2.00 bits per heavy atom. The Balaban J connectivity index is 3.01. The number of carbonyl (C=O) groups is 1. The van der Waals surface area contributed by atoms with Crippen LogP contribution < -0.4 is 9.47 Å². The van der Waals surface area contributed by atoms with E-state index >= 15 is 0 Å². The summed E-state index contributed by atoms with van der Waals surface area (Å²) < 4.78 is 17.0. The van der Waals surface area contributed by atoms with Crippen LogP contribution in [0.2, 0.25) is 0 Å². The van der Waals surface area contributed by atoms with Gasteiger partial charge in [0.25, 0.3) is 0 Å². The summed E-state index contributed by atoms with van der Waals surface area (Å²) in [4.78, 5) is 12.3. The number of hydrogen-bond donors (Lipinski definition) is 0. The molecule has 1 aromatic rings. The average Bonchev–Trinajstić information content (AvgIpc) is 2.48. The Morgan fingerprint density at radius 1 is 0.870 bits per heavy atom. The van der Waals surface area contributed by atoms with Gasteiger partial charge in [0.2, 0.25) is 0 Å². The van der Waals surface area contributed by atoms with Crippen molar-refractivity contribution in [2.24, 2.45) is 17.8 Å². The summed E-state index contributed by atoms with van der Waals surface area (Å²) in [5.41, 5.74) is 0.424. The second-order valence-corrected chi connectivity index (χ2v) is 7.03. The third-order valence-corrected chi connectivity index (χ3v) is 2.88. The topological polar surface area (TPSA) is 44.8 Å². The molecule has 0 heterocycles. The summed E-state index contributed by atoms with van der Waals surface area (Å²) in [7, 11) is 0. The lowest BCUT2D eigenvalue weighted by molar-refractivity contribution is 0.0452. The van der Waals surface area contributed by atoms with Crippen LogP contribution in [0.1, 0.15) is 51.9 Å². The Hall–Kier alpha value is -1.71. The van der Waals surface area contributed by atoms with Crippen molar-refractivity contribution in [3.63, 3.8) is 0 Å². The standard InChI is InChI=1S/C19H30O4/c1-13(2)10-21-17-9-7-8-16(18(17)22-11-14(3)4)19(20)23-12-15(5)6/h7-9,13-15H,10-12H2,1-6H3. The van der Waals surface area contributed by atoms with E-state index in [4.69, 9.17) is 14.2 Å². The molecular formula is C19H30O4. The van der Waals surface area contributed by atoms with Crippen molar-refractivity contribution in [1.29, 1.82) is 0 Å². The molecule has 0 unspecified atom stereocenters. The van der Waals surface area contributed by atoms with Crippen LogP contribution in [-0.4, -0.2) is 25.8 Å². The van der Waals surface area contributed by atoms with Gasteiger partial charge in [-0.3, -0.25) is 0 Å². The van der Waals surface area contributed by atoms with Crippen LogP contribution >= 0.6 is 0 Å². The van der Waals surface area contributed by atoms with Crippen molar-refractivity contribution in [2.75, 3.05) is 19.8 Å². The van der Waals surface area contributed by atoms with E-state index in [2.05, 4.69) is 27.7 Å². The highest BCUT2D eigenvalue weighted by Crippen LogP contribution is 2.32. The number of rotatable bonds is 9. The minimum atomic E-state index is -0.368. The van der Waals surface area contributed by atoms with Gasteiger partial charge in [-0.25, -0.2) is 4.79 Å². The zero-order chi connectivity index (χ0) is 17.4. The van der Waals surface area contributed by atoms with Gasteiger partial charge in [0.1, 0.15) is 5.56 Å². The number of para-hydroxylation sites is 1. The van der Waals surface area contributed by atoms with Gasteiger partial charge >= 0.3 is 5.97 Å². The van der Waals surface area contributed by atoms with Crippen molar-refractivity contribution in [1.82, 2.24) is 0 Å². The minimum Gasteiger partial charge on any atom is -0.489 e. The molecule has 0 bridgehead atoms. The van der Waals surface area contributed by atoms with Crippen LogP contribution in [0.5, 0.6) is 11.5 Å². The summed E-state index contributed by atoms with van der Waals surface area (Å²) in [6, 6.07) is 5.35. The first kappa shape index (κ1) is 19.3. The Morgan fingerprint density at radius 2 is 1.43 bits per heavy atom. The Kier molecular flexibility index (Phi) is 7.93. The van der Waals surface area contributed by atoms with E-state index < -0.39 is 0 Å². The zero-order valence-electron chi connectivity index (χ0n) is 15.2. The highest BCUT2D eigenvalue weighted by molar-refractivity contribution is 5.93. The van der Waals surface area contributed by atoms with Crippen LogP contribution in [0.15, 0.2) is 18.2 Å². The molecule has 130 valence electrons. The van der Waals surface area contributed by atoms with Gasteiger partial charge in [0, 0.05) is 0 Å². The molecule has 0 aliphatic rings. The highest BCUT2D eigenvalue weighted by Gasteiger charge is 2.19. The smallest absolute Gasteiger partial charge is 0.342 e. The first-order chi connectivity index (χ1) is 10.8. The van der Waals surface area contributed by atoms with Gasteiger partial charge in [0.15, 0.2) is 11.5 Å². The van der Waals surface area contributed by atoms with Crippen LogP contribution in [-0.2, 0) is 4.74 Å². The van der Waals surface area contributed by atoms with Gasteiger partial charge in [-0.15, -0.1) is 0 Å². The maximum atomic E-state index is 12.3. The van der Waals surface area contributed by atoms with Crippen LogP contribution in [0.4, 0.5) is 0 Å². The van der Waals surface area contributed by atoms with Gasteiger partial charge in [0.05, 0.1) is 19.8 Å². The fraction of sp³-hybridized carbons (Fsp3) is 0.632. The van der Waals surface area contributed by atoms with Crippen molar-refractivity contribution in [3.05, 3.63) is 23.8 Å². The lowest BCUT2D eigenvalue weighted by Gasteiger charge is -2.18. The van der Waals surface area contributed by atoms with Gasteiger partial charge < -0.3 is 14.2 Å². The van der Waals surface area contributed by atoms with Crippen molar-refractivity contribution >= 4 is 5.97 Å². The molecular weight excluding hydrogens is 292 g/mol. The molecule has 0 saturated heterocycles. The summed E-state index contributed by atoms with van der Waals surface area (Å²) in [6.45, 7) is 13.8. The lowest BCUT2D eigenvalue weighted by atomic mass is 10.1. The number of hydrogen-bond acceptors (Lipinski definition) is 4. The van der Waals surface area contributed by atoms with Gasteiger partial charge in [-0.2, -0.15) is 0 Å². The molecule has 0 saturated carbocycles. The maximum Gasteiger partial charge on any atom is 0.342 e. The molecule has 0 aliphatic carbocycles. The minimum absolute atomic E-state index is 0.291. The maximum absolute atomic E-state index is 12.3. The summed E-state index contributed by atoms with van der Waals surface area (Å²) in [5.74, 6) is 1.75. The first-order valence-electron chi connectivity index (χ1n) is 8.37. The lowest BCUT2D eigenvalue weighted by Crippen LogP contribution is -2.15. The molecule has 0 amide bonds. The van der Waals surface area contributed by atoms with E-state index in [1.165, 1.54) is 0 Å². The summed E-state index contributed by atoms with van der Waals surface area (Å²) >= 11 is 0. The van der Waals surface area contributed by atoms with Crippen molar-refractivity contribution in [2.45, 2.75) is 41.5 Å². The molecule has 0 aromatic heterocycles. The highest BCUT2D eigenvalue weighted by atomic mass is 16.5. The number of esters is 1. The second-order valence-electron chi connectivity index (χ2n) is 7.03. The predicted molar refractivity (Wildman–Crippen MR) is 92.2 cm³/mol. The molecule has 1 aromatic carbocycles. The quantitative estimate of drug-likeness (QED) is 0.625. The van der Waals surface area contributed by atoms with E-state index in [9.17, 15) is 4.79 Å². The molecule has 4 heteroatoms. The van der Waals surface area contributed by atoms with E-state index in [-0.39, 0.29) is 5.97 Å². The van der Waals surface area contributed by atoms with E-state index in [1.807, 2.05) is 19.9 Å². The Bertz CT molecular complexity index is 492. The molecule has 0 aliphatic heterocycles. The SMILES string of the molecule is CC(C)COC(=O)c1cccc(OCC(C)C)c1OCC(C)C. The largest absolute Gasteiger partial charge is 0.489 e. The molecule has 4 nitrogen and oxygen atoms in total. The van der Waals surface area contributed by atoms with Crippen LogP contribution in [0.3, 0.4) is 0 Å². The first-order valence-corrected chi connectivity index (χ1v) is 8.37. The second kappa shape index (κ2) is 9.43. The third kappa shape index (κ3) is 6.93. The van der Waals surface area contributed by atoms with Crippen molar-refractivity contribution in [3.8, 4) is 11.5 Å². The molecule has 0 atom stereocenters. The number of carbonyl (C=O) groups excluding carboxylic acids is 1. The van der Waals surface area contributed by atoms with E-state index in [1.54, 1.807) is 12.1 Å². The normalized spacial score (nSPS) is 11.2. The van der Waals surface area contributed by atoms with Crippen LogP contribution in [0, 0.1) is 17.8 Å². The van der Waals surface area contributed by atoms with E-state index in [0.29, 0.717) is 54.6 Å². The van der Waals surface area contributed by atoms with E-state index in [0.717, 1.165) is 0 Å². The third-order valence-electron chi connectivity index (χ3n) is 2.88. The summed E-state index contributed by atoms with van der Waals surface area (Å²) in [6.07, 6.45) is 0. The number of ether oxygens (including phenoxy) is 3. The zero-order valence-corrected chi connectivity index (χ0v) is 15.2. The predicted octanol–water partition coefficient (Wildman–Crippen LogP) is 4.57. The summed E-state index contributed by atoms with van der Waals surface area (Å²) in [5, 5.41) is 0. The Labute approximate surface area is 140 Å². The monoisotopic (exact) mass is 322 g/mol. The fourth-order valence-electron chi connectivity index (χ4n) is 1.77. The average molecular weight is 322 g/mol. The van der Waals surface area contributed by atoms with Crippen molar-refractivity contribution < 1.29 is 19.0 Å². The molecule has 0 fully saturated rings.